The van der Waals surface area contributed by atoms with Crippen molar-refractivity contribution in [2.24, 2.45) is 7.05 Å². The van der Waals surface area contributed by atoms with Crippen LogP contribution in [0.1, 0.15) is 0 Å². The standard InChI is InChI=1S/C10H11N2/c1-11-8-4-10(5-9-11)12-6-2-3-7-12/h2-9H,1H3/q+1. The summed E-state index contributed by atoms with van der Waals surface area (Å²) in [4.78, 5) is 0. The van der Waals surface area contributed by atoms with Gasteiger partial charge < -0.3 is 4.57 Å². The van der Waals surface area contributed by atoms with Crippen LogP contribution in [0.3, 0.4) is 0 Å². The van der Waals surface area contributed by atoms with Gasteiger partial charge in [0.1, 0.15) is 7.05 Å². The molecule has 0 saturated heterocycles. The molecule has 60 valence electrons. The lowest BCUT2D eigenvalue weighted by molar-refractivity contribution is -0.671. The molecule has 2 aromatic rings. The lowest BCUT2D eigenvalue weighted by Gasteiger charge is -1.99. The number of rotatable bonds is 1. The third-order valence-electron chi connectivity index (χ3n) is 1.86. The first-order valence-electron chi connectivity index (χ1n) is 3.95. The van der Waals surface area contributed by atoms with E-state index in [9.17, 15) is 0 Å². The van der Waals surface area contributed by atoms with E-state index in [4.69, 9.17) is 0 Å². The largest absolute Gasteiger partial charge is 0.323 e. The van der Waals surface area contributed by atoms with Gasteiger partial charge in [0.2, 0.25) is 0 Å². The summed E-state index contributed by atoms with van der Waals surface area (Å²) >= 11 is 0. The maximum Gasteiger partial charge on any atom is 0.170 e. The second-order valence-corrected chi connectivity index (χ2v) is 2.81. The molecule has 0 atom stereocenters. The molecular formula is C10H11N2+. The zero-order valence-corrected chi connectivity index (χ0v) is 7.01. The van der Waals surface area contributed by atoms with Gasteiger partial charge in [0.15, 0.2) is 12.4 Å². The molecule has 2 heterocycles. The van der Waals surface area contributed by atoms with Crippen molar-refractivity contribution in [1.29, 1.82) is 0 Å². The third kappa shape index (κ3) is 1.23. The van der Waals surface area contributed by atoms with E-state index in [-0.39, 0.29) is 0 Å². The smallest absolute Gasteiger partial charge is 0.170 e. The van der Waals surface area contributed by atoms with Gasteiger partial charge in [-0.05, 0) is 12.1 Å². The highest BCUT2D eigenvalue weighted by atomic mass is 15.0. The molecule has 2 rings (SSSR count). The minimum atomic E-state index is 1.19. The zero-order valence-electron chi connectivity index (χ0n) is 7.01. The van der Waals surface area contributed by atoms with Gasteiger partial charge in [-0.2, -0.15) is 0 Å². The molecule has 0 saturated carbocycles. The number of aryl methyl sites for hydroxylation is 1. The lowest BCUT2D eigenvalue weighted by Crippen LogP contribution is -2.25. The van der Waals surface area contributed by atoms with E-state index in [0.717, 1.165) is 0 Å². The van der Waals surface area contributed by atoms with Crippen molar-refractivity contribution < 1.29 is 4.57 Å². The van der Waals surface area contributed by atoms with Crippen LogP contribution < -0.4 is 4.57 Å². The van der Waals surface area contributed by atoms with Crippen molar-refractivity contribution in [2.45, 2.75) is 0 Å². The third-order valence-corrected chi connectivity index (χ3v) is 1.86. The minimum absolute atomic E-state index is 1.19. The van der Waals surface area contributed by atoms with Gasteiger partial charge in [0.25, 0.3) is 0 Å². The fraction of sp³-hybridized carbons (Fsp3) is 0.100. The summed E-state index contributed by atoms with van der Waals surface area (Å²) in [6, 6.07) is 8.21. The molecule has 0 aliphatic rings. The first kappa shape index (κ1) is 7.10. The highest BCUT2D eigenvalue weighted by molar-refractivity contribution is 5.28. The Balaban J connectivity index is 2.43. The van der Waals surface area contributed by atoms with Gasteiger partial charge in [-0.15, -0.1) is 0 Å². The van der Waals surface area contributed by atoms with Crippen molar-refractivity contribution in [2.75, 3.05) is 0 Å². The molecule has 0 radical (unpaired) electrons. The molecule has 0 bridgehead atoms. The predicted molar refractivity (Wildman–Crippen MR) is 46.9 cm³/mol. The molecule has 0 amide bonds. The fourth-order valence-electron chi connectivity index (χ4n) is 1.17. The molecule has 0 spiro atoms. The number of pyridine rings is 1. The number of nitrogens with zero attached hydrogens (tertiary/aromatic N) is 2. The van der Waals surface area contributed by atoms with Crippen LogP contribution >= 0.6 is 0 Å². The molecule has 2 aromatic heterocycles. The van der Waals surface area contributed by atoms with Crippen LogP contribution in [-0.2, 0) is 7.05 Å². The Bertz CT molecular complexity index is 346. The molecule has 2 heteroatoms. The Labute approximate surface area is 71.7 Å². The van der Waals surface area contributed by atoms with Crippen LogP contribution in [0.5, 0.6) is 0 Å². The van der Waals surface area contributed by atoms with Gasteiger partial charge in [-0.25, -0.2) is 4.57 Å². The summed E-state index contributed by atoms with van der Waals surface area (Å²) in [5.41, 5.74) is 1.19. The molecule has 0 fully saturated rings. The average Bonchev–Trinajstić information content (AvgIpc) is 2.58. The first-order valence-corrected chi connectivity index (χ1v) is 3.95. The normalized spacial score (nSPS) is 10.1. The van der Waals surface area contributed by atoms with E-state index in [1.165, 1.54) is 5.69 Å². The van der Waals surface area contributed by atoms with E-state index >= 15 is 0 Å². The van der Waals surface area contributed by atoms with Crippen molar-refractivity contribution in [3.05, 3.63) is 49.1 Å². The topological polar surface area (TPSA) is 8.81 Å². The van der Waals surface area contributed by atoms with Crippen molar-refractivity contribution in [3.63, 3.8) is 0 Å². The Hall–Kier alpha value is -1.57. The second-order valence-electron chi connectivity index (χ2n) is 2.81. The Morgan fingerprint density at radius 1 is 1.08 bits per heavy atom. The summed E-state index contributed by atoms with van der Waals surface area (Å²) < 4.78 is 4.10. The van der Waals surface area contributed by atoms with Crippen LogP contribution in [0.2, 0.25) is 0 Å². The van der Waals surface area contributed by atoms with E-state index in [1.807, 2.05) is 48.5 Å². The SMILES string of the molecule is C[n+]1ccc(-n2cccc2)cc1. The highest BCUT2D eigenvalue weighted by Gasteiger charge is 1.95. The van der Waals surface area contributed by atoms with Crippen molar-refractivity contribution in [3.8, 4) is 5.69 Å². The maximum absolute atomic E-state index is 2.08. The van der Waals surface area contributed by atoms with E-state index in [0.29, 0.717) is 0 Å². The van der Waals surface area contributed by atoms with Gasteiger partial charge in [-0.3, -0.25) is 0 Å². The molecule has 2 nitrogen and oxygen atoms in total. The van der Waals surface area contributed by atoms with Crippen LogP contribution in [-0.4, -0.2) is 4.57 Å². The zero-order chi connectivity index (χ0) is 8.39. The Morgan fingerprint density at radius 2 is 1.67 bits per heavy atom. The van der Waals surface area contributed by atoms with Crippen LogP contribution in [0.4, 0.5) is 0 Å². The van der Waals surface area contributed by atoms with Gasteiger partial charge in [-0.1, -0.05) is 0 Å². The fourth-order valence-corrected chi connectivity index (χ4v) is 1.17. The van der Waals surface area contributed by atoms with E-state index < -0.39 is 0 Å². The first-order chi connectivity index (χ1) is 5.86. The van der Waals surface area contributed by atoms with Crippen LogP contribution in [0, 0.1) is 0 Å². The molecule has 0 unspecified atom stereocenters. The van der Waals surface area contributed by atoms with Crippen molar-refractivity contribution >= 4 is 0 Å². The van der Waals surface area contributed by atoms with Gasteiger partial charge >= 0.3 is 0 Å². The summed E-state index contributed by atoms with van der Waals surface area (Å²) in [7, 11) is 2.01. The lowest BCUT2D eigenvalue weighted by atomic mass is 10.4. The average molecular weight is 159 g/mol. The number of aromatic nitrogens is 2. The monoisotopic (exact) mass is 159 g/mol. The second kappa shape index (κ2) is 2.81. The molecule has 0 aliphatic carbocycles. The summed E-state index contributed by atoms with van der Waals surface area (Å²) in [6.07, 6.45) is 8.15. The minimum Gasteiger partial charge on any atom is -0.323 e. The summed E-state index contributed by atoms with van der Waals surface area (Å²) in [6.45, 7) is 0. The van der Waals surface area contributed by atoms with Crippen LogP contribution in [0.25, 0.3) is 5.69 Å². The van der Waals surface area contributed by atoms with E-state index in [1.54, 1.807) is 0 Å². The summed E-state index contributed by atoms with van der Waals surface area (Å²) in [5, 5.41) is 0. The number of hydrogen-bond acceptors (Lipinski definition) is 0. The molecular weight excluding hydrogens is 148 g/mol. The van der Waals surface area contributed by atoms with Crippen molar-refractivity contribution in [1.82, 2.24) is 4.57 Å². The molecule has 0 aromatic carbocycles. The Morgan fingerprint density at radius 3 is 2.25 bits per heavy atom. The van der Waals surface area contributed by atoms with Gasteiger partial charge in [0.05, 0.1) is 5.69 Å². The maximum atomic E-state index is 2.08. The van der Waals surface area contributed by atoms with Crippen LogP contribution in [0.15, 0.2) is 49.1 Å². The summed E-state index contributed by atoms with van der Waals surface area (Å²) in [5.74, 6) is 0. The Kier molecular flexibility index (Phi) is 1.67. The predicted octanol–water partition coefficient (Wildman–Crippen LogP) is 1.30. The number of hydrogen-bond donors (Lipinski definition) is 0. The van der Waals surface area contributed by atoms with E-state index in [2.05, 4.69) is 16.7 Å². The quantitative estimate of drug-likeness (QED) is 0.555. The molecule has 0 N–H and O–H groups in total. The molecule has 0 aliphatic heterocycles. The van der Waals surface area contributed by atoms with Gasteiger partial charge in [0, 0.05) is 24.5 Å². The molecule has 12 heavy (non-hydrogen) atoms. The highest BCUT2D eigenvalue weighted by Crippen LogP contribution is 2.03.